The first-order valence-electron chi connectivity index (χ1n) is 9.50. The van der Waals surface area contributed by atoms with E-state index in [1.54, 1.807) is 6.07 Å². The molecule has 164 valence electrons. The number of aromatic nitrogens is 2. The number of carbonyl (C=O) groups excluding carboxylic acids is 2. The monoisotopic (exact) mass is 424 g/mol. The molecular formula is C20H26F2N4O4. The van der Waals surface area contributed by atoms with Gasteiger partial charge in [-0.1, -0.05) is 0 Å². The highest BCUT2D eigenvalue weighted by molar-refractivity contribution is 5.91. The first-order chi connectivity index (χ1) is 14.2. The Morgan fingerprint density at radius 3 is 2.50 bits per heavy atom. The summed E-state index contributed by atoms with van der Waals surface area (Å²) in [6.45, 7) is 3.91. The highest BCUT2D eigenvalue weighted by atomic mass is 19.1. The lowest BCUT2D eigenvalue weighted by atomic mass is 10.1. The lowest BCUT2D eigenvalue weighted by Gasteiger charge is -2.18. The Hall–Kier alpha value is -3.01. The molecule has 10 heteroatoms. The molecule has 1 unspecified atom stereocenters. The van der Waals surface area contributed by atoms with Crippen LogP contribution in [0.2, 0.25) is 0 Å². The van der Waals surface area contributed by atoms with Crippen molar-refractivity contribution >= 4 is 17.8 Å². The molecule has 0 fully saturated rings. The first-order valence-corrected chi connectivity index (χ1v) is 9.50. The Kier molecular flexibility index (Phi) is 8.72. The Morgan fingerprint density at radius 2 is 1.87 bits per heavy atom. The number of hydrogen-bond donors (Lipinski definition) is 3. The number of nitrogens with one attached hydrogen (secondary N) is 3. The number of amides is 2. The van der Waals surface area contributed by atoms with Crippen molar-refractivity contribution in [2.75, 3.05) is 19.0 Å². The molecule has 2 aromatic rings. The van der Waals surface area contributed by atoms with Gasteiger partial charge < -0.3 is 20.1 Å². The van der Waals surface area contributed by atoms with Crippen LogP contribution < -0.4 is 10.6 Å². The first kappa shape index (κ1) is 23.3. The van der Waals surface area contributed by atoms with Crippen LogP contribution in [-0.2, 0) is 27.1 Å². The van der Waals surface area contributed by atoms with Gasteiger partial charge in [0, 0.05) is 31.0 Å². The van der Waals surface area contributed by atoms with Gasteiger partial charge in [0.05, 0.1) is 13.0 Å². The molecule has 1 atom stereocenters. The van der Waals surface area contributed by atoms with Crippen LogP contribution in [0.25, 0.3) is 0 Å². The zero-order valence-electron chi connectivity index (χ0n) is 17.1. The molecule has 3 N–H and O–H groups in total. The smallest absolute Gasteiger partial charge is 0.407 e. The number of hydrogen-bond acceptors (Lipinski definition) is 5. The molecule has 0 aliphatic carbocycles. The third-order valence-corrected chi connectivity index (χ3v) is 3.95. The Labute approximate surface area is 173 Å². The summed E-state index contributed by atoms with van der Waals surface area (Å²) < 4.78 is 36.9. The lowest BCUT2D eigenvalue weighted by Crippen LogP contribution is -2.35. The number of anilines is 1. The summed E-state index contributed by atoms with van der Waals surface area (Å²) in [4.78, 5) is 23.8. The molecule has 0 bridgehead atoms. The van der Waals surface area contributed by atoms with Crippen molar-refractivity contribution < 1.29 is 27.8 Å². The molecule has 0 aliphatic rings. The van der Waals surface area contributed by atoms with Crippen molar-refractivity contribution in [2.24, 2.45) is 0 Å². The van der Waals surface area contributed by atoms with Crippen LogP contribution in [0, 0.1) is 11.6 Å². The summed E-state index contributed by atoms with van der Waals surface area (Å²) in [6.07, 6.45) is -0.166. The summed E-state index contributed by atoms with van der Waals surface area (Å²) in [5.41, 5.74) is 0.941. The second-order valence-corrected chi connectivity index (χ2v) is 7.10. The van der Waals surface area contributed by atoms with Crippen LogP contribution in [0.1, 0.15) is 31.5 Å². The minimum Gasteiger partial charge on any atom is -0.444 e. The number of benzene rings is 1. The van der Waals surface area contributed by atoms with Gasteiger partial charge in [0.25, 0.3) is 0 Å². The van der Waals surface area contributed by atoms with Gasteiger partial charge in [-0.15, -0.1) is 0 Å². The van der Waals surface area contributed by atoms with Gasteiger partial charge in [0.15, 0.2) is 5.82 Å². The molecule has 1 aromatic carbocycles. The molecule has 0 saturated carbocycles. The largest absolute Gasteiger partial charge is 0.444 e. The van der Waals surface area contributed by atoms with E-state index in [1.165, 1.54) is 7.11 Å². The number of aryl methyl sites for hydroxylation is 1. The zero-order valence-corrected chi connectivity index (χ0v) is 17.1. The summed E-state index contributed by atoms with van der Waals surface area (Å²) in [5, 5.41) is 12.0. The number of alkyl carbamates (subject to hydrolysis) is 1. The van der Waals surface area contributed by atoms with Gasteiger partial charge in [-0.25, -0.2) is 13.6 Å². The maximum atomic E-state index is 13.2. The van der Waals surface area contributed by atoms with Crippen molar-refractivity contribution in [1.82, 2.24) is 15.5 Å². The van der Waals surface area contributed by atoms with Crippen molar-refractivity contribution in [3.8, 4) is 0 Å². The standard InChI is InChI=1S/C20H26F2N4O4/c1-12(2)23-20(28)30-17(11-29-3)5-4-16-10-18(26-25-16)24-19(27)8-13-6-14(21)9-15(22)7-13/h6-7,9-10,12,17H,4-5,8,11H2,1-3H3,(H,23,28)(H2,24,25,26,27). The molecule has 0 aliphatic heterocycles. The van der Waals surface area contributed by atoms with Crippen molar-refractivity contribution in [3.05, 3.63) is 47.2 Å². The fourth-order valence-electron chi connectivity index (χ4n) is 2.74. The van der Waals surface area contributed by atoms with Gasteiger partial charge in [-0.2, -0.15) is 5.10 Å². The molecule has 0 saturated heterocycles. The van der Waals surface area contributed by atoms with Crippen LogP contribution in [0.4, 0.5) is 19.4 Å². The van der Waals surface area contributed by atoms with E-state index in [0.29, 0.717) is 12.8 Å². The zero-order chi connectivity index (χ0) is 22.1. The minimum absolute atomic E-state index is 0.0386. The predicted octanol–water partition coefficient (Wildman–Crippen LogP) is 2.95. The number of halogens is 2. The van der Waals surface area contributed by atoms with E-state index in [4.69, 9.17) is 9.47 Å². The van der Waals surface area contributed by atoms with Gasteiger partial charge >= 0.3 is 6.09 Å². The minimum atomic E-state index is -0.741. The number of methoxy groups -OCH3 is 1. The van der Waals surface area contributed by atoms with E-state index >= 15 is 0 Å². The molecule has 2 rings (SSSR count). The normalized spacial score (nSPS) is 11.9. The van der Waals surface area contributed by atoms with Crippen LogP contribution in [0.5, 0.6) is 0 Å². The fraction of sp³-hybridized carbons (Fsp3) is 0.450. The summed E-state index contributed by atoms with van der Waals surface area (Å²) in [7, 11) is 1.52. The van der Waals surface area contributed by atoms with Gasteiger partial charge in [-0.3, -0.25) is 9.89 Å². The molecule has 1 aromatic heterocycles. The van der Waals surface area contributed by atoms with Crippen molar-refractivity contribution in [2.45, 2.75) is 45.3 Å². The fourth-order valence-corrected chi connectivity index (χ4v) is 2.74. The van der Waals surface area contributed by atoms with Crippen LogP contribution in [0.3, 0.4) is 0 Å². The number of H-pyrrole nitrogens is 1. The average molecular weight is 424 g/mol. The van der Waals surface area contributed by atoms with Gasteiger partial charge in [0.1, 0.15) is 17.7 Å². The Bertz CT molecular complexity index is 837. The number of aromatic amines is 1. The van der Waals surface area contributed by atoms with Crippen molar-refractivity contribution in [1.29, 1.82) is 0 Å². The van der Waals surface area contributed by atoms with E-state index in [-0.39, 0.29) is 30.5 Å². The van der Waals surface area contributed by atoms with E-state index < -0.39 is 29.7 Å². The quantitative estimate of drug-likeness (QED) is 0.544. The number of carbonyl (C=O) groups is 2. The average Bonchev–Trinajstić information content (AvgIpc) is 3.05. The van der Waals surface area contributed by atoms with E-state index in [9.17, 15) is 18.4 Å². The van der Waals surface area contributed by atoms with E-state index in [0.717, 1.165) is 23.9 Å². The van der Waals surface area contributed by atoms with Crippen LogP contribution >= 0.6 is 0 Å². The maximum Gasteiger partial charge on any atom is 0.407 e. The van der Waals surface area contributed by atoms with Gasteiger partial charge in [0.2, 0.25) is 5.91 Å². The second kappa shape index (κ2) is 11.2. The van der Waals surface area contributed by atoms with Crippen LogP contribution in [0.15, 0.2) is 24.3 Å². The van der Waals surface area contributed by atoms with Gasteiger partial charge in [-0.05, 0) is 44.4 Å². The third-order valence-electron chi connectivity index (χ3n) is 3.95. The maximum absolute atomic E-state index is 13.2. The number of rotatable bonds is 10. The topological polar surface area (TPSA) is 105 Å². The predicted molar refractivity (Wildman–Crippen MR) is 106 cm³/mol. The molecule has 2 amide bonds. The highest BCUT2D eigenvalue weighted by Crippen LogP contribution is 2.13. The molecule has 0 spiro atoms. The summed E-state index contributed by atoms with van der Waals surface area (Å²) in [5.74, 6) is -1.65. The van der Waals surface area contributed by atoms with Crippen LogP contribution in [-0.4, -0.2) is 48.1 Å². The van der Waals surface area contributed by atoms with Crippen molar-refractivity contribution in [3.63, 3.8) is 0 Å². The molecule has 1 heterocycles. The molecule has 0 radical (unpaired) electrons. The van der Waals surface area contributed by atoms with E-state index in [2.05, 4.69) is 20.8 Å². The molecular weight excluding hydrogens is 398 g/mol. The number of ether oxygens (including phenoxy) is 2. The Morgan fingerprint density at radius 1 is 1.17 bits per heavy atom. The lowest BCUT2D eigenvalue weighted by molar-refractivity contribution is -0.115. The summed E-state index contributed by atoms with van der Waals surface area (Å²) >= 11 is 0. The Balaban J connectivity index is 1.85. The molecule has 30 heavy (non-hydrogen) atoms. The molecule has 8 nitrogen and oxygen atoms in total. The second-order valence-electron chi connectivity index (χ2n) is 7.10. The summed E-state index contributed by atoms with van der Waals surface area (Å²) in [6, 6.07) is 4.55. The highest BCUT2D eigenvalue weighted by Gasteiger charge is 2.16. The SMILES string of the molecule is COCC(CCc1cc(NC(=O)Cc2cc(F)cc(F)c2)n[nH]1)OC(=O)NC(C)C. The van der Waals surface area contributed by atoms with E-state index in [1.807, 2.05) is 13.8 Å². The number of nitrogens with zero attached hydrogens (tertiary/aromatic N) is 1. The third kappa shape index (κ3) is 8.16.